The second-order valence-electron chi connectivity index (χ2n) is 6.24. The molecule has 0 unspecified atom stereocenters. The smallest absolute Gasteiger partial charge is 0.315 e. The molecule has 1 aromatic carbocycles. The van der Waals surface area contributed by atoms with Crippen molar-refractivity contribution in [3.05, 3.63) is 28.8 Å². The topological polar surface area (TPSA) is 79.5 Å². The molecule has 0 heterocycles. The third kappa shape index (κ3) is 6.78. The van der Waals surface area contributed by atoms with E-state index in [-0.39, 0.29) is 18.0 Å². The number of hydrogen-bond donors (Lipinski definition) is 3. The van der Waals surface area contributed by atoms with Crippen LogP contribution in [0, 0.1) is 0 Å². The summed E-state index contributed by atoms with van der Waals surface area (Å²) in [4.78, 5) is 23.8. The maximum absolute atomic E-state index is 11.9. The number of carbonyl (C=O) groups excluding carboxylic acids is 2. The van der Waals surface area contributed by atoms with Crippen LogP contribution in [0.4, 0.5) is 4.79 Å². The lowest BCUT2D eigenvalue weighted by molar-refractivity contribution is -0.123. The van der Waals surface area contributed by atoms with Crippen molar-refractivity contribution in [2.45, 2.75) is 45.8 Å². The highest BCUT2D eigenvalue weighted by Crippen LogP contribution is 2.22. The van der Waals surface area contributed by atoms with E-state index >= 15 is 0 Å². The molecule has 0 spiro atoms. The highest BCUT2D eigenvalue weighted by molar-refractivity contribution is 6.30. The quantitative estimate of drug-likeness (QED) is 0.769. The second kappa shape index (κ2) is 8.06. The van der Waals surface area contributed by atoms with Crippen LogP contribution < -0.4 is 20.7 Å². The number of amides is 3. The first-order valence-electron chi connectivity index (χ1n) is 7.31. The molecule has 1 atom stereocenters. The fourth-order valence-corrected chi connectivity index (χ4v) is 1.99. The third-order valence-electron chi connectivity index (χ3n) is 2.93. The minimum Gasteiger partial charge on any atom is -0.496 e. The number of rotatable bonds is 5. The van der Waals surface area contributed by atoms with Crippen LogP contribution in [0.2, 0.25) is 5.02 Å². The molecule has 1 aromatic rings. The van der Waals surface area contributed by atoms with E-state index in [2.05, 4.69) is 16.0 Å². The first kappa shape index (κ1) is 19.1. The van der Waals surface area contributed by atoms with E-state index in [1.54, 1.807) is 25.1 Å². The van der Waals surface area contributed by atoms with Crippen molar-refractivity contribution >= 4 is 23.5 Å². The summed E-state index contributed by atoms with van der Waals surface area (Å²) in [5.74, 6) is 0.355. The zero-order chi connectivity index (χ0) is 17.6. The molecular formula is C16H24ClN3O3. The second-order valence-corrected chi connectivity index (χ2v) is 6.68. The van der Waals surface area contributed by atoms with Gasteiger partial charge >= 0.3 is 6.03 Å². The number of methoxy groups -OCH3 is 1. The van der Waals surface area contributed by atoms with Crippen LogP contribution in [0.25, 0.3) is 0 Å². The van der Waals surface area contributed by atoms with Crippen LogP contribution in [0.3, 0.4) is 0 Å². The average Bonchev–Trinajstić information content (AvgIpc) is 2.43. The summed E-state index contributed by atoms with van der Waals surface area (Å²) in [6.45, 7) is 7.53. The SMILES string of the molecule is COc1cc(Cl)ccc1CNC(=O)N[C@H](C)C(=O)NC(C)(C)C. The summed E-state index contributed by atoms with van der Waals surface area (Å²) in [5, 5.41) is 8.65. The molecule has 3 amide bonds. The van der Waals surface area contributed by atoms with Crippen LogP contribution in [0.1, 0.15) is 33.3 Å². The summed E-state index contributed by atoms with van der Waals surface area (Å²) in [6, 6.07) is 4.10. The van der Waals surface area contributed by atoms with Gasteiger partial charge in [-0.2, -0.15) is 0 Å². The molecule has 0 aromatic heterocycles. The van der Waals surface area contributed by atoms with Crippen LogP contribution in [-0.2, 0) is 11.3 Å². The standard InChI is InChI=1S/C16H24ClN3O3/c1-10(14(21)20-16(2,3)4)19-15(22)18-9-11-6-7-12(17)8-13(11)23-5/h6-8,10H,9H2,1-5H3,(H,20,21)(H2,18,19,22)/t10-/m1/s1. The van der Waals surface area contributed by atoms with E-state index in [9.17, 15) is 9.59 Å². The fourth-order valence-electron chi connectivity index (χ4n) is 1.83. The molecule has 23 heavy (non-hydrogen) atoms. The van der Waals surface area contributed by atoms with Crippen LogP contribution in [-0.4, -0.2) is 30.6 Å². The van der Waals surface area contributed by atoms with Crippen LogP contribution >= 0.6 is 11.6 Å². The average molecular weight is 342 g/mol. The highest BCUT2D eigenvalue weighted by Gasteiger charge is 2.20. The largest absolute Gasteiger partial charge is 0.496 e. The van der Waals surface area contributed by atoms with Gasteiger partial charge in [0, 0.05) is 22.7 Å². The first-order chi connectivity index (χ1) is 10.6. The molecule has 7 heteroatoms. The molecule has 6 nitrogen and oxygen atoms in total. The molecule has 1 rings (SSSR count). The highest BCUT2D eigenvalue weighted by atomic mass is 35.5. The van der Waals surface area contributed by atoms with Crippen molar-refractivity contribution in [1.82, 2.24) is 16.0 Å². The van der Waals surface area contributed by atoms with Gasteiger partial charge in [0.05, 0.1) is 7.11 Å². The first-order valence-corrected chi connectivity index (χ1v) is 7.69. The van der Waals surface area contributed by atoms with E-state index in [0.717, 1.165) is 5.56 Å². The van der Waals surface area contributed by atoms with Crippen molar-refractivity contribution in [2.75, 3.05) is 7.11 Å². The molecule has 0 fully saturated rings. The van der Waals surface area contributed by atoms with Gasteiger partial charge in [0.15, 0.2) is 0 Å². The van der Waals surface area contributed by atoms with Crippen LogP contribution in [0.5, 0.6) is 5.75 Å². The lowest BCUT2D eigenvalue weighted by Gasteiger charge is -2.23. The van der Waals surface area contributed by atoms with E-state index in [1.165, 1.54) is 7.11 Å². The molecule has 0 aliphatic heterocycles. The predicted octanol–water partition coefficient (Wildman–Crippen LogP) is 2.45. The van der Waals surface area contributed by atoms with Crippen molar-refractivity contribution < 1.29 is 14.3 Å². The zero-order valence-corrected chi connectivity index (χ0v) is 14.9. The number of urea groups is 1. The van der Waals surface area contributed by atoms with Gasteiger partial charge in [-0.1, -0.05) is 17.7 Å². The summed E-state index contributed by atoms with van der Waals surface area (Å²) in [7, 11) is 1.54. The lowest BCUT2D eigenvalue weighted by Crippen LogP contribution is -2.52. The van der Waals surface area contributed by atoms with Gasteiger partial charge in [-0.15, -0.1) is 0 Å². The van der Waals surface area contributed by atoms with Gasteiger partial charge in [-0.25, -0.2) is 4.79 Å². The van der Waals surface area contributed by atoms with Crippen molar-refractivity contribution in [1.29, 1.82) is 0 Å². The Morgan fingerprint density at radius 1 is 1.30 bits per heavy atom. The number of ether oxygens (including phenoxy) is 1. The van der Waals surface area contributed by atoms with Gasteiger partial charge < -0.3 is 20.7 Å². The molecular weight excluding hydrogens is 318 g/mol. The Kier molecular flexibility index (Phi) is 6.69. The molecule has 3 N–H and O–H groups in total. The van der Waals surface area contributed by atoms with Crippen LogP contribution in [0.15, 0.2) is 18.2 Å². The minimum atomic E-state index is -0.638. The summed E-state index contributed by atoms with van der Waals surface area (Å²) in [5.41, 5.74) is 0.444. The van der Waals surface area contributed by atoms with E-state index in [1.807, 2.05) is 20.8 Å². The predicted molar refractivity (Wildman–Crippen MR) is 90.7 cm³/mol. The Balaban J connectivity index is 2.53. The Morgan fingerprint density at radius 3 is 2.52 bits per heavy atom. The minimum absolute atomic E-state index is 0.239. The molecule has 128 valence electrons. The molecule has 0 saturated carbocycles. The molecule has 0 bridgehead atoms. The van der Waals surface area contributed by atoms with Gasteiger partial charge in [-0.05, 0) is 39.8 Å². The summed E-state index contributed by atoms with van der Waals surface area (Å²) < 4.78 is 5.21. The van der Waals surface area contributed by atoms with Gasteiger partial charge in [-0.3, -0.25) is 4.79 Å². The summed E-state index contributed by atoms with van der Waals surface area (Å²) >= 11 is 5.89. The maximum atomic E-state index is 11.9. The Hall–Kier alpha value is -1.95. The Morgan fingerprint density at radius 2 is 1.96 bits per heavy atom. The fraction of sp³-hybridized carbons (Fsp3) is 0.500. The monoisotopic (exact) mass is 341 g/mol. The number of halogens is 1. The molecule has 0 aliphatic rings. The van der Waals surface area contributed by atoms with Crippen molar-refractivity contribution in [2.24, 2.45) is 0 Å². The van der Waals surface area contributed by atoms with Gasteiger partial charge in [0.25, 0.3) is 0 Å². The molecule has 0 aliphatic carbocycles. The van der Waals surface area contributed by atoms with Gasteiger partial charge in [0.2, 0.25) is 5.91 Å². The lowest BCUT2D eigenvalue weighted by atomic mass is 10.1. The van der Waals surface area contributed by atoms with Crippen molar-refractivity contribution in [3.8, 4) is 5.75 Å². The normalized spacial score (nSPS) is 12.3. The Labute approximate surface area is 141 Å². The number of nitrogens with one attached hydrogen (secondary N) is 3. The van der Waals surface area contributed by atoms with E-state index in [4.69, 9.17) is 16.3 Å². The van der Waals surface area contributed by atoms with Gasteiger partial charge in [0.1, 0.15) is 11.8 Å². The number of hydrogen-bond acceptors (Lipinski definition) is 3. The maximum Gasteiger partial charge on any atom is 0.315 e. The summed E-state index contributed by atoms with van der Waals surface area (Å²) in [6.07, 6.45) is 0. The number of carbonyl (C=O) groups is 2. The third-order valence-corrected chi connectivity index (χ3v) is 3.16. The molecule has 0 radical (unpaired) electrons. The van der Waals surface area contributed by atoms with Crippen molar-refractivity contribution in [3.63, 3.8) is 0 Å². The number of benzene rings is 1. The van der Waals surface area contributed by atoms with E-state index < -0.39 is 12.1 Å². The molecule has 0 saturated heterocycles. The Bertz CT molecular complexity index is 570. The zero-order valence-electron chi connectivity index (χ0n) is 14.1. The van der Waals surface area contributed by atoms with E-state index in [0.29, 0.717) is 10.8 Å².